The fourth-order valence-electron chi connectivity index (χ4n) is 2.45. The molecule has 2 rings (SSSR count). The normalized spacial score (nSPS) is 19.8. The van der Waals surface area contributed by atoms with Crippen LogP contribution in [-0.4, -0.2) is 65.9 Å². The van der Waals surface area contributed by atoms with E-state index in [0.29, 0.717) is 13.2 Å². The summed E-state index contributed by atoms with van der Waals surface area (Å²) in [6.45, 7) is 12.4. The predicted molar refractivity (Wildman–Crippen MR) is 87.7 cm³/mol. The van der Waals surface area contributed by atoms with Gasteiger partial charge in [0, 0.05) is 44.1 Å². The number of ether oxygens (including phenoxy) is 1. The van der Waals surface area contributed by atoms with Gasteiger partial charge in [-0.05, 0) is 32.2 Å². The Hall–Kier alpha value is -0.460. The molecule has 4 nitrogen and oxygen atoms in total. The van der Waals surface area contributed by atoms with E-state index in [4.69, 9.17) is 4.74 Å². The molecule has 5 heteroatoms. The molecule has 1 aromatic rings. The van der Waals surface area contributed by atoms with Crippen molar-refractivity contribution in [1.82, 2.24) is 9.80 Å². The minimum atomic E-state index is -0.395. The molecule has 0 amide bonds. The Morgan fingerprint density at radius 3 is 2.48 bits per heavy atom. The second-order valence-electron chi connectivity index (χ2n) is 6.73. The van der Waals surface area contributed by atoms with Crippen LogP contribution < -0.4 is 0 Å². The lowest BCUT2D eigenvalue weighted by Gasteiger charge is -2.35. The van der Waals surface area contributed by atoms with E-state index in [1.54, 1.807) is 0 Å². The predicted octanol–water partition coefficient (Wildman–Crippen LogP) is 2.04. The van der Waals surface area contributed by atoms with Gasteiger partial charge in [-0.3, -0.25) is 9.80 Å². The van der Waals surface area contributed by atoms with Crippen molar-refractivity contribution < 1.29 is 9.84 Å². The molecule has 0 bridgehead atoms. The Bertz CT molecular complexity index is 395. The maximum absolute atomic E-state index is 10.1. The Morgan fingerprint density at radius 2 is 1.90 bits per heavy atom. The molecule has 0 unspecified atom stereocenters. The van der Waals surface area contributed by atoms with Crippen molar-refractivity contribution in [2.24, 2.45) is 0 Å². The average Bonchev–Trinajstić information content (AvgIpc) is 2.91. The molecular weight excluding hydrogens is 284 g/mol. The summed E-state index contributed by atoms with van der Waals surface area (Å²) < 4.78 is 5.64. The van der Waals surface area contributed by atoms with E-state index in [0.717, 1.165) is 32.7 Å². The molecule has 1 aromatic heterocycles. The van der Waals surface area contributed by atoms with Gasteiger partial charge in [0.05, 0.1) is 18.3 Å². The number of hydrogen-bond acceptors (Lipinski definition) is 5. The van der Waals surface area contributed by atoms with Crippen LogP contribution in [0.1, 0.15) is 25.6 Å². The minimum Gasteiger partial charge on any atom is -0.389 e. The van der Waals surface area contributed by atoms with Gasteiger partial charge in [0.1, 0.15) is 0 Å². The van der Waals surface area contributed by atoms with Crippen molar-refractivity contribution in [3.05, 3.63) is 22.4 Å². The third-order valence-electron chi connectivity index (χ3n) is 3.60. The molecule has 21 heavy (non-hydrogen) atoms. The van der Waals surface area contributed by atoms with E-state index < -0.39 is 6.10 Å². The molecular formula is C16H28N2O2S. The molecule has 1 aliphatic rings. The van der Waals surface area contributed by atoms with Crippen molar-refractivity contribution in [3.8, 4) is 0 Å². The topological polar surface area (TPSA) is 35.9 Å². The Labute approximate surface area is 132 Å². The quantitative estimate of drug-likeness (QED) is 0.872. The first-order chi connectivity index (χ1) is 9.92. The molecule has 0 spiro atoms. The van der Waals surface area contributed by atoms with Crippen LogP contribution in [0.3, 0.4) is 0 Å². The van der Waals surface area contributed by atoms with E-state index in [-0.39, 0.29) is 5.60 Å². The highest BCUT2D eigenvalue weighted by Crippen LogP contribution is 2.14. The fraction of sp³-hybridized carbons (Fsp3) is 0.750. The zero-order valence-corrected chi connectivity index (χ0v) is 14.2. The Kier molecular flexibility index (Phi) is 6.20. The van der Waals surface area contributed by atoms with E-state index >= 15 is 0 Å². The van der Waals surface area contributed by atoms with Crippen LogP contribution >= 0.6 is 11.3 Å². The first kappa shape index (κ1) is 16.9. The zero-order valence-electron chi connectivity index (χ0n) is 13.4. The van der Waals surface area contributed by atoms with E-state index in [1.165, 1.54) is 4.88 Å². The van der Waals surface area contributed by atoms with Crippen LogP contribution in [0.15, 0.2) is 17.5 Å². The summed E-state index contributed by atoms with van der Waals surface area (Å²) in [5.41, 5.74) is -0.180. The summed E-state index contributed by atoms with van der Waals surface area (Å²) in [4.78, 5) is 6.25. The second-order valence-corrected chi connectivity index (χ2v) is 7.77. The van der Waals surface area contributed by atoms with Gasteiger partial charge in [-0.2, -0.15) is 0 Å². The highest BCUT2D eigenvalue weighted by Gasteiger charge is 2.20. The summed E-state index contributed by atoms with van der Waals surface area (Å²) in [6.07, 6.45) is -0.395. The molecule has 1 aliphatic heterocycles. The van der Waals surface area contributed by atoms with Gasteiger partial charge >= 0.3 is 0 Å². The van der Waals surface area contributed by atoms with Crippen LogP contribution in [-0.2, 0) is 11.3 Å². The molecule has 120 valence electrons. The number of aliphatic hydroxyl groups excluding tert-OH is 1. The van der Waals surface area contributed by atoms with Gasteiger partial charge in [-0.15, -0.1) is 11.3 Å². The third-order valence-corrected chi connectivity index (χ3v) is 4.46. The molecule has 1 saturated heterocycles. The van der Waals surface area contributed by atoms with Crippen molar-refractivity contribution in [2.75, 3.05) is 39.3 Å². The smallest absolute Gasteiger partial charge is 0.0900 e. The summed E-state index contributed by atoms with van der Waals surface area (Å²) in [5, 5.41) is 12.2. The maximum atomic E-state index is 10.1. The van der Waals surface area contributed by atoms with E-state index in [1.807, 2.05) is 32.1 Å². The first-order valence-corrected chi connectivity index (χ1v) is 8.59. The number of thiophene rings is 1. The molecule has 1 fully saturated rings. The fourth-order valence-corrected chi connectivity index (χ4v) is 3.20. The second kappa shape index (κ2) is 7.70. The molecule has 0 aliphatic carbocycles. The SMILES string of the molecule is CC(C)(C)OC[C@@H](O)CN1CCN(Cc2cccs2)CC1. The number of rotatable bonds is 6. The molecule has 0 saturated carbocycles. The zero-order chi connectivity index (χ0) is 15.3. The number of aliphatic hydroxyl groups is 1. The lowest BCUT2D eigenvalue weighted by molar-refractivity contribution is -0.0587. The van der Waals surface area contributed by atoms with Crippen LogP contribution in [0.2, 0.25) is 0 Å². The van der Waals surface area contributed by atoms with Gasteiger partial charge in [-0.25, -0.2) is 0 Å². The summed E-state index contributed by atoms with van der Waals surface area (Å²) in [5.74, 6) is 0. The standard InChI is InChI=1S/C16H28N2O2S/c1-16(2,3)20-13-14(19)11-17-6-8-18(9-7-17)12-15-5-4-10-21-15/h4-5,10,14,19H,6-9,11-13H2,1-3H3/t14-/m0/s1. The monoisotopic (exact) mass is 312 g/mol. The van der Waals surface area contributed by atoms with Crippen molar-refractivity contribution in [3.63, 3.8) is 0 Å². The summed E-state index contributed by atoms with van der Waals surface area (Å²) >= 11 is 1.83. The van der Waals surface area contributed by atoms with Crippen molar-refractivity contribution in [2.45, 2.75) is 39.0 Å². The maximum Gasteiger partial charge on any atom is 0.0900 e. The highest BCUT2D eigenvalue weighted by atomic mass is 32.1. The van der Waals surface area contributed by atoms with Crippen LogP contribution in [0, 0.1) is 0 Å². The third kappa shape index (κ3) is 6.45. The van der Waals surface area contributed by atoms with Gasteiger partial charge < -0.3 is 9.84 Å². The number of β-amino-alcohol motifs (C(OH)–C–C–N with tert-alkyl or cyclic N) is 1. The van der Waals surface area contributed by atoms with E-state index in [9.17, 15) is 5.11 Å². The van der Waals surface area contributed by atoms with Gasteiger partial charge in [0.15, 0.2) is 0 Å². The van der Waals surface area contributed by atoms with Gasteiger partial charge in [-0.1, -0.05) is 6.07 Å². The number of hydrogen-bond donors (Lipinski definition) is 1. The van der Waals surface area contributed by atoms with Crippen LogP contribution in [0.5, 0.6) is 0 Å². The summed E-state index contributed by atoms with van der Waals surface area (Å²) in [6, 6.07) is 4.31. The molecule has 0 radical (unpaired) electrons. The lowest BCUT2D eigenvalue weighted by Crippen LogP contribution is -2.48. The highest BCUT2D eigenvalue weighted by molar-refractivity contribution is 7.09. The van der Waals surface area contributed by atoms with Crippen molar-refractivity contribution in [1.29, 1.82) is 0 Å². The average molecular weight is 312 g/mol. The molecule has 1 atom stereocenters. The molecule has 1 N–H and O–H groups in total. The molecule has 2 heterocycles. The van der Waals surface area contributed by atoms with Crippen molar-refractivity contribution >= 4 is 11.3 Å². The minimum absolute atomic E-state index is 0.180. The largest absolute Gasteiger partial charge is 0.389 e. The number of piperazine rings is 1. The Morgan fingerprint density at radius 1 is 1.24 bits per heavy atom. The van der Waals surface area contributed by atoms with Crippen LogP contribution in [0.4, 0.5) is 0 Å². The molecule has 0 aromatic carbocycles. The number of nitrogens with zero attached hydrogens (tertiary/aromatic N) is 2. The Balaban J connectivity index is 1.64. The first-order valence-electron chi connectivity index (χ1n) is 7.71. The lowest BCUT2D eigenvalue weighted by atomic mass is 10.2. The summed E-state index contributed by atoms with van der Waals surface area (Å²) in [7, 11) is 0. The van der Waals surface area contributed by atoms with E-state index in [2.05, 4.69) is 27.3 Å². The van der Waals surface area contributed by atoms with Gasteiger partial charge in [0.2, 0.25) is 0 Å². The van der Waals surface area contributed by atoms with Gasteiger partial charge in [0.25, 0.3) is 0 Å². The van der Waals surface area contributed by atoms with Crippen LogP contribution in [0.25, 0.3) is 0 Å².